The van der Waals surface area contributed by atoms with Gasteiger partial charge in [-0.15, -0.1) is 0 Å². The Balaban J connectivity index is 2.60. The molecule has 0 aromatic heterocycles. The van der Waals surface area contributed by atoms with Gasteiger partial charge in [0.15, 0.2) is 0 Å². The fraction of sp³-hybridized carbons (Fsp3) is 0.917. The number of carbonyl (C=O) groups is 1. The zero-order valence-electron chi connectivity index (χ0n) is 10.7. The molecule has 0 spiro atoms. The Morgan fingerprint density at radius 3 is 2.40 bits per heavy atom. The van der Waals surface area contributed by atoms with Gasteiger partial charge < -0.3 is 9.80 Å². The summed E-state index contributed by atoms with van der Waals surface area (Å²) in [6.07, 6.45) is 2.34. The average Bonchev–Trinajstić information content (AvgIpc) is 2.15. The lowest BCUT2D eigenvalue weighted by Crippen LogP contribution is -2.50. The highest BCUT2D eigenvalue weighted by molar-refractivity contribution is 5.81. The molecule has 88 valence electrons. The quantitative estimate of drug-likeness (QED) is 0.659. The van der Waals surface area contributed by atoms with E-state index < -0.39 is 0 Å². The summed E-state index contributed by atoms with van der Waals surface area (Å²) in [5.74, 6) is 0.286. The highest BCUT2D eigenvalue weighted by Gasteiger charge is 2.31. The van der Waals surface area contributed by atoms with Crippen LogP contribution in [0.2, 0.25) is 0 Å². The van der Waals surface area contributed by atoms with Gasteiger partial charge in [-0.3, -0.25) is 4.79 Å². The van der Waals surface area contributed by atoms with Crippen molar-refractivity contribution in [1.82, 2.24) is 9.80 Å². The van der Waals surface area contributed by atoms with Gasteiger partial charge in [0.2, 0.25) is 5.91 Å². The third-order valence-corrected chi connectivity index (χ3v) is 3.06. The lowest BCUT2D eigenvalue weighted by atomic mass is 9.93. The average molecular weight is 212 g/mol. The molecule has 0 aromatic carbocycles. The second kappa shape index (κ2) is 4.52. The molecule has 0 N–H and O–H groups in total. The normalized spacial score (nSPS) is 23.3. The zero-order valence-corrected chi connectivity index (χ0v) is 10.7. The predicted octanol–water partition coefficient (Wildman–Crippen LogP) is 1.59. The van der Waals surface area contributed by atoms with E-state index in [9.17, 15) is 4.79 Å². The van der Waals surface area contributed by atoms with Crippen molar-refractivity contribution in [3.05, 3.63) is 0 Å². The number of likely N-dealkylation sites (N-methyl/N-ethyl adjacent to an activating group) is 1. The van der Waals surface area contributed by atoms with Crippen molar-refractivity contribution >= 4 is 5.91 Å². The number of likely N-dealkylation sites (tertiary alicyclic amines) is 1. The lowest BCUT2D eigenvalue weighted by Gasteiger charge is -2.38. The van der Waals surface area contributed by atoms with Crippen molar-refractivity contribution in [3.63, 3.8) is 0 Å². The van der Waals surface area contributed by atoms with E-state index >= 15 is 0 Å². The molecule has 3 heteroatoms. The number of hydrogen-bond acceptors (Lipinski definition) is 2. The first kappa shape index (κ1) is 12.5. The molecule has 0 aliphatic carbocycles. The van der Waals surface area contributed by atoms with E-state index in [4.69, 9.17) is 0 Å². The van der Waals surface area contributed by atoms with Gasteiger partial charge in [-0.05, 0) is 26.9 Å². The summed E-state index contributed by atoms with van der Waals surface area (Å²) in [5.41, 5.74) is -0.242. The first-order valence-corrected chi connectivity index (χ1v) is 5.78. The summed E-state index contributed by atoms with van der Waals surface area (Å²) in [5, 5.41) is 0. The van der Waals surface area contributed by atoms with Crippen LogP contribution in [0.25, 0.3) is 0 Å². The molecule has 1 unspecified atom stereocenters. The minimum atomic E-state index is -0.242. The summed E-state index contributed by atoms with van der Waals surface area (Å²) >= 11 is 0. The Morgan fingerprint density at radius 2 is 1.93 bits per heavy atom. The van der Waals surface area contributed by atoms with Crippen molar-refractivity contribution < 1.29 is 4.79 Å². The third-order valence-electron chi connectivity index (χ3n) is 3.06. The Bertz CT molecular complexity index is 230. The second-order valence-electron chi connectivity index (χ2n) is 5.76. The monoisotopic (exact) mass is 212 g/mol. The molecule has 3 nitrogen and oxygen atoms in total. The highest BCUT2D eigenvalue weighted by Crippen LogP contribution is 2.22. The van der Waals surface area contributed by atoms with Crippen molar-refractivity contribution in [3.8, 4) is 0 Å². The first-order valence-electron chi connectivity index (χ1n) is 5.78. The summed E-state index contributed by atoms with van der Waals surface area (Å²) in [6, 6.07) is 0.532. The summed E-state index contributed by atoms with van der Waals surface area (Å²) in [6.45, 7) is 7.81. The highest BCUT2D eigenvalue weighted by atomic mass is 16.2. The molecule has 1 rings (SSSR count). The molecule has 1 heterocycles. The van der Waals surface area contributed by atoms with Crippen molar-refractivity contribution in [2.45, 2.75) is 39.7 Å². The fourth-order valence-electron chi connectivity index (χ4n) is 2.04. The minimum absolute atomic E-state index is 0.242. The first-order chi connectivity index (χ1) is 6.82. The summed E-state index contributed by atoms with van der Waals surface area (Å²) in [7, 11) is 4.19. The maximum Gasteiger partial charge on any atom is 0.227 e. The molecule has 1 aliphatic rings. The smallest absolute Gasteiger partial charge is 0.227 e. The fourth-order valence-corrected chi connectivity index (χ4v) is 2.04. The number of piperidine rings is 1. The van der Waals surface area contributed by atoms with Crippen LogP contribution in [-0.2, 0) is 4.79 Å². The van der Waals surface area contributed by atoms with Gasteiger partial charge in [-0.1, -0.05) is 20.8 Å². The van der Waals surface area contributed by atoms with Crippen LogP contribution < -0.4 is 0 Å². The van der Waals surface area contributed by atoms with E-state index in [1.54, 1.807) is 0 Å². The number of hydrogen-bond donors (Lipinski definition) is 0. The van der Waals surface area contributed by atoms with Gasteiger partial charge in [-0.25, -0.2) is 0 Å². The molecule has 0 aromatic rings. The molecular weight excluding hydrogens is 188 g/mol. The van der Waals surface area contributed by atoms with Crippen LogP contribution in [0.15, 0.2) is 0 Å². The van der Waals surface area contributed by atoms with Crippen LogP contribution >= 0.6 is 0 Å². The number of rotatable bonds is 1. The van der Waals surface area contributed by atoms with E-state index in [1.807, 2.05) is 25.7 Å². The largest absolute Gasteiger partial charge is 0.341 e. The topological polar surface area (TPSA) is 23.6 Å². The Labute approximate surface area is 93.4 Å². The predicted molar refractivity (Wildman–Crippen MR) is 62.7 cm³/mol. The van der Waals surface area contributed by atoms with Gasteiger partial charge in [0.25, 0.3) is 0 Å². The van der Waals surface area contributed by atoms with E-state index in [0.717, 1.165) is 19.5 Å². The molecule has 1 atom stereocenters. The summed E-state index contributed by atoms with van der Waals surface area (Å²) < 4.78 is 0. The molecule has 1 amide bonds. The Kier molecular flexibility index (Phi) is 3.77. The molecule has 1 fully saturated rings. The standard InChI is InChI=1S/C12H24N2O/c1-12(2,3)11(15)14-8-6-7-10(9-14)13(4)5/h10H,6-9H2,1-5H3. The lowest BCUT2D eigenvalue weighted by molar-refractivity contribution is -0.141. The maximum atomic E-state index is 12.1. The molecule has 0 bridgehead atoms. The van der Waals surface area contributed by atoms with Crippen LogP contribution in [0.4, 0.5) is 0 Å². The number of carbonyl (C=O) groups excluding carboxylic acids is 1. The minimum Gasteiger partial charge on any atom is -0.341 e. The Morgan fingerprint density at radius 1 is 1.33 bits per heavy atom. The van der Waals surface area contributed by atoms with E-state index in [-0.39, 0.29) is 11.3 Å². The van der Waals surface area contributed by atoms with Crippen molar-refractivity contribution in [2.75, 3.05) is 27.2 Å². The number of amides is 1. The molecular formula is C12H24N2O. The van der Waals surface area contributed by atoms with Gasteiger partial charge >= 0.3 is 0 Å². The molecule has 15 heavy (non-hydrogen) atoms. The molecule has 0 saturated carbocycles. The third kappa shape index (κ3) is 3.20. The molecule has 0 radical (unpaired) electrons. The number of nitrogens with zero attached hydrogens (tertiary/aromatic N) is 2. The van der Waals surface area contributed by atoms with Gasteiger partial charge in [-0.2, -0.15) is 0 Å². The SMILES string of the molecule is CN(C)C1CCCN(C(=O)C(C)(C)C)C1. The summed E-state index contributed by atoms with van der Waals surface area (Å²) in [4.78, 5) is 16.3. The molecule has 1 saturated heterocycles. The van der Waals surface area contributed by atoms with E-state index in [2.05, 4.69) is 19.0 Å². The van der Waals surface area contributed by atoms with Crippen LogP contribution in [0.1, 0.15) is 33.6 Å². The van der Waals surface area contributed by atoms with Crippen LogP contribution in [0.5, 0.6) is 0 Å². The maximum absolute atomic E-state index is 12.1. The van der Waals surface area contributed by atoms with Crippen LogP contribution in [-0.4, -0.2) is 48.9 Å². The van der Waals surface area contributed by atoms with E-state index in [1.165, 1.54) is 6.42 Å². The van der Waals surface area contributed by atoms with Gasteiger partial charge in [0, 0.05) is 24.5 Å². The van der Waals surface area contributed by atoms with Crippen LogP contribution in [0, 0.1) is 5.41 Å². The van der Waals surface area contributed by atoms with Crippen LogP contribution in [0.3, 0.4) is 0 Å². The van der Waals surface area contributed by atoms with Crippen molar-refractivity contribution in [1.29, 1.82) is 0 Å². The van der Waals surface area contributed by atoms with Crippen molar-refractivity contribution in [2.24, 2.45) is 5.41 Å². The second-order valence-corrected chi connectivity index (χ2v) is 5.76. The zero-order chi connectivity index (χ0) is 11.6. The van der Waals surface area contributed by atoms with Gasteiger partial charge in [0.05, 0.1) is 0 Å². The molecule has 1 aliphatic heterocycles. The van der Waals surface area contributed by atoms with E-state index in [0.29, 0.717) is 6.04 Å². The van der Waals surface area contributed by atoms with Gasteiger partial charge in [0.1, 0.15) is 0 Å². The Hall–Kier alpha value is -0.570.